The number of unbranched alkanes of at least 4 members (excludes halogenated alkanes) is 1. The monoisotopic (exact) mass is 262 g/mol. The van der Waals surface area contributed by atoms with Crippen molar-refractivity contribution in [3.05, 3.63) is 29.8 Å². The highest BCUT2D eigenvalue weighted by molar-refractivity contribution is 5.26. The molecule has 0 heterocycles. The molecule has 1 aromatic rings. The Kier molecular flexibility index (Phi) is 6.34. The topological polar surface area (TPSA) is 65.3 Å². The second kappa shape index (κ2) is 7.78. The van der Waals surface area contributed by atoms with Gasteiger partial charge in [-0.25, -0.2) is 0 Å². The number of nitrogens with one attached hydrogen (secondary N) is 1. The third-order valence-electron chi connectivity index (χ3n) is 3.24. The summed E-state index contributed by atoms with van der Waals surface area (Å²) in [5.74, 6) is 0.814. The van der Waals surface area contributed by atoms with Crippen LogP contribution in [0.5, 0.6) is 5.75 Å². The zero-order valence-electron chi connectivity index (χ0n) is 11.6. The Morgan fingerprint density at radius 2 is 2.00 bits per heavy atom. The molecule has 1 aromatic carbocycles. The van der Waals surface area contributed by atoms with Gasteiger partial charge in [-0.3, -0.25) is 0 Å². The Hall–Kier alpha value is -1.57. The van der Waals surface area contributed by atoms with Crippen LogP contribution in [-0.2, 0) is 6.61 Å². The maximum Gasteiger partial charge on any atom is 0.119 e. The van der Waals surface area contributed by atoms with E-state index in [-0.39, 0.29) is 6.61 Å². The highest BCUT2D eigenvalue weighted by Gasteiger charge is 2.19. The summed E-state index contributed by atoms with van der Waals surface area (Å²) in [6.07, 6.45) is 2.67. The van der Waals surface area contributed by atoms with Crippen LogP contribution in [0.1, 0.15) is 31.7 Å². The molecule has 1 atom stereocenters. The van der Waals surface area contributed by atoms with Crippen molar-refractivity contribution in [2.75, 3.05) is 13.7 Å². The van der Waals surface area contributed by atoms with Crippen molar-refractivity contribution in [3.8, 4) is 11.8 Å². The van der Waals surface area contributed by atoms with E-state index in [9.17, 15) is 0 Å². The van der Waals surface area contributed by atoms with Crippen LogP contribution >= 0.6 is 0 Å². The van der Waals surface area contributed by atoms with Gasteiger partial charge in [0.2, 0.25) is 0 Å². The van der Waals surface area contributed by atoms with Gasteiger partial charge in [0.05, 0.1) is 19.3 Å². The minimum Gasteiger partial charge on any atom is -0.494 e. The fraction of sp³-hybridized carbons (Fsp3) is 0.533. The minimum atomic E-state index is -0.442. The van der Waals surface area contributed by atoms with E-state index < -0.39 is 5.54 Å². The van der Waals surface area contributed by atoms with E-state index in [0.717, 1.165) is 30.6 Å². The molecule has 0 aromatic heterocycles. The van der Waals surface area contributed by atoms with Crippen LogP contribution in [0, 0.1) is 11.3 Å². The zero-order chi connectivity index (χ0) is 14.1. The predicted molar refractivity (Wildman–Crippen MR) is 74.8 cm³/mol. The summed E-state index contributed by atoms with van der Waals surface area (Å²) in [5.41, 5.74) is 0.439. The molecule has 0 saturated carbocycles. The molecule has 0 aliphatic carbocycles. The molecular weight excluding hydrogens is 240 g/mol. The molecule has 4 heteroatoms. The molecule has 104 valence electrons. The van der Waals surface area contributed by atoms with Crippen LogP contribution in [0.4, 0.5) is 0 Å². The smallest absolute Gasteiger partial charge is 0.119 e. The molecule has 0 saturated heterocycles. The Morgan fingerprint density at radius 3 is 2.53 bits per heavy atom. The van der Waals surface area contributed by atoms with Crippen LogP contribution in [0.2, 0.25) is 0 Å². The van der Waals surface area contributed by atoms with E-state index in [1.54, 1.807) is 0 Å². The standard InChI is InChI=1S/C15H22N2O2/c1-15(12-16,17-2)9-3-4-10-19-14-7-5-13(11-18)6-8-14/h5-8,17-18H,3-4,9-11H2,1-2H3. The summed E-state index contributed by atoms with van der Waals surface area (Å²) < 4.78 is 5.60. The van der Waals surface area contributed by atoms with Crippen LogP contribution in [0.15, 0.2) is 24.3 Å². The van der Waals surface area contributed by atoms with Crippen molar-refractivity contribution < 1.29 is 9.84 Å². The van der Waals surface area contributed by atoms with Crippen molar-refractivity contribution in [2.24, 2.45) is 0 Å². The first-order chi connectivity index (χ1) is 9.13. The first-order valence-corrected chi connectivity index (χ1v) is 6.56. The van der Waals surface area contributed by atoms with Gasteiger partial charge in [0.15, 0.2) is 0 Å². The van der Waals surface area contributed by atoms with Crippen LogP contribution in [0.3, 0.4) is 0 Å². The van der Waals surface area contributed by atoms with Crippen molar-refractivity contribution in [1.29, 1.82) is 5.26 Å². The van der Waals surface area contributed by atoms with E-state index in [4.69, 9.17) is 15.1 Å². The van der Waals surface area contributed by atoms with E-state index in [2.05, 4.69) is 11.4 Å². The zero-order valence-corrected chi connectivity index (χ0v) is 11.6. The van der Waals surface area contributed by atoms with Gasteiger partial charge in [-0.2, -0.15) is 5.26 Å². The van der Waals surface area contributed by atoms with Gasteiger partial charge in [-0.15, -0.1) is 0 Å². The summed E-state index contributed by atoms with van der Waals surface area (Å²) in [7, 11) is 1.81. The number of nitrogens with zero attached hydrogens (tertiary/aromatic N) is 1. The van der Waals surface area contributed by atoms with E-state index >= 15 is 0 Å². The van der Waals surface area contributed by atoms with Gasteiger partial charge in [-0.1, -0.05) is 12.1 Å². The maximum absolute atomic E-state index is 9.01. The summed E-state index contributed by atoms with van der Waals surface area (Å²) in [6.45, 7) is 2.60. The predicted octanol–water partition coefficient (Wildman–Crippen LogP) is 2.23. The quantitative estimate of drug-likeness (QED) is 0.705. The van der Waals surface area contributed by atoms with Gasteiger partial charge in [0, 0.05) is 0 Å². The molecule has 0 bridgehead atoms. The summed E-state index contributed by atoms with van der Waals surface area (Å²) in [5, 5.41) is 21.0. The molecule has 19 heavy (non-hydrogen) atoms. The molecule has 1 rings (SSSR count). The van der Waals surface area contributed by atoms with Crippen molar-refractivity contribution >= 4 is 0 Å². The number of hydrogen-bond donors (Lipinski definition) is 2. The minimum absolute atomic E-state index is 0.0526. The van der Waals surface area contributed by atoms with E-state index in [0.29, 0.717) is 6.61 Å². The molecule has 0 aliphatic rings. The Labute approximate surface area is 115 Å². The summed E-state index contributed by atoms with van der Waals surface area (Å²) in [6, 6.07) is 9.69. The number of ether oxygens (including phenoxy) is 1. The van der Waals surface area contributed by atoms with Gasteiger partial charge in [0.25, 0.3) is 0 Å². The number of aliphatic hydroxyl groups excluding tert-OH is 1. The number of rotatable bonds is 8. The van der Waals surface area contributed by atoms with Crippen LogP contribution in [0.25, 0.3) is 0 Å². The molecule has 1 unspecified atom stereocenters. The summed E-state index contributed by atoms with van der Waals surface area (Å²) in [4.78, 5) is 0. The molecular formula is C15H22N2O2. The van der Waals surface area contributed by atoms with Crippen molar-refractivity contribution in [3.63, 3.8) is 0 Å². The summed E-state index contributed by atoms with van der Waals surface area (Å²) >= 11 is 0. The lowest BCUT2D eigenvalue weighted by atomic mass is 9.97. The van der Waals surface area contributed by atoms with Crippen LogP contribution < -0.4 is 10.1 Å². The Morgan fingerprint density at radius 1 is 1.32 bits per heavy atom. The van der Waals surface area contributed by atoms with E-state index in [1.807, 2.05) is 38.2 Å². The number of nitriles is 1. The molecule has 0 aliphatic heterocycles. The van der Waals surface area contributed by atoms with E-state index in [1.165, 1.54) is 0 Å². The highest BCUT2D eigenvalue weighted by Crippen LogP contribution is 2.15. The fourth-order valence-electron chi connectivity index (χ4n) is 1.70. The largest absolute Gasteiger partial charge is 0.494 e. The lowest BCUT2D eigenvalue weighted by molar-refractivity contribution is 0.280. The first kappa shape index (κ1) is 15.5. The van der Waals surface area contributed by atoms with Gasteiger partial charge < -0.3 is 15.2 Å². The second-order valence-corrected chi connectivity index (χ2v) is 4.80. The number of hydrogen-bond acceptors (Lipinski definition) is 4. The molecule has 0 fully saturated rings. The number of aliphatic hydroxyl groups is 1. The second-order valence-electron chi connectivity index (χ2n) is 4.80. The molecule has 2 N–H and O–H groups in total. The highest BCUT2D eigenvalue weighted by atomic mass is 16.5. The normalized spacial score (nSPS) is 13.6. The molecule has 4 nitrogen and oxygen atoms in total. The number of benzene rings is 1. The maximum atomic E-state index is 9.01. The average molecular weight is 262 g/mol. The first-order valence-electron chi connectivity index (χ1n) is 6.56. The molecule has 0 spiro atoms. The van der Waals surface area contributed by atoms with Gasteiger partial charge >= 0.3 is 0 Å². The Balaban J connectivity index is 2.22. The molecule has 0 amide bonds. The lowest BCUT2D eigenvalue weighted by Gasteiger charge is -2.20. The Bertz CT molecular complexity index is 411. The van der Waals surface area contributed by atoms with Gasteiger partial charge in [-0.05, 0) is 50.9 Å². The third kappa shape index (κ3) is 5.29. The average Bonchev–Trinajstić information content (AvgIpc) is 2.47. The van der Waals surface area contributed by atoms with Crippen molar-refractivity contribution in [2.45, 2.75) is 38.3 Å². The molecule has 0 radical (unpaired) electrons. The van der Waals surface area contributed by atoms with Gasteiger partial charge in [0.1, 0.15) is 11.3 Å². The SMILES string of the molecule is CNC(C)(C#N)CCCCOc1ccc(CO)cc1. The van der Waals surface area contributed by atoms with Crippen molar-refractivity contribution in [1.82, 2.24) is 5.32 Å². The van der Waals surface area contributed by atoms with Crippen LogP contribution in [-0.4, -0.2) is 24.3 Å². The third-order valence-corrected chi connectivity index (χ3v) is 3.24. The fourth-order valence-corrected chi connectivity index (χ4v) is 1.70. The lowest BCUT2D eigenvalue weighted by Crippen LogP contribution is -2.37.